The number of nitrogens with one attached hydrogen (secondary N) is 1. The summed E-state index contributed by atoms with van der Waals surface area (Å²) in [6, 6.07) is 13.1. The Hall–Kier alpha value is -2.25. The molecule has 4 rings (SSSR count). The summed E-state index contributed by atoms with van der Waals surface area (Å²) in [5, 5.41) is 10.9. The van der Waals surface area contributed by atoms with Crippen LogP contribution in [-0.2, 0) is 11.3 Å². The third-order valence-electron chi connectivity index (χ3n) is 4.37. The van der Waals surface area contributed by atoms with Gasteiger partial charge in [0.15, 0.2) is 0 Å². The lowest BCUT2D eigenvalue weighted by atomic mass is 10.0. The molecular formula is C20H16Cl2N4OS. The van der Waals surface area contributed by atoms with Crippen molar-refractivity contribution in [3.63, 3.8) is 0 Å². The maximum atomic E-state index is 12.6. The van der Waals surface area contributed by atoms with Crippen molar-refractivity contribution < 1.29 is 4.79 Å². The number of thioether (sulfide) groups is 1. The van der Waals surface area contributed by atoms with Crippen molar-refractivity contribution in [2.24, 2.45) is 10.8 Å². The predicted molar refractivity (Wildman–Crippen MR) is 115 cm³/mol. The number of carbonyl (C=O) groups is 1. The zero-order valence-corrected chi connectivity index (χ0v) is 17.0. The van der Waals surface area contributed by atoms with Gasteiger partial charge in [-0.3, -0.25) is 4.79 Å². The summed E-state index contributed by atoms with van der Waals surface area (Å²) in [6.45, 7) is 0.729. The molecule has 0 saturated carbocycles. The molecule has 142 valence electrons. The standard InChI is InChI=1S/C20H16Cl2N4OS/c21-13-5-3-6-14(22)18(13)19-15-8-9-17(25-26(15)11-24-20(19)27)28-16-7-2-1-4-12(16)10-23/h1-9H,10-11,23H2,(H,24,27). The number of hydrazone groups is 1. The van der Waals surface area contributed by atoms with Crippen molar-refractivity contribution in [3.8, 4) is 0 Å². The molecule has 2 aliphatic heterocycles. The highest BCUT2D eigenvalue weighted by Gasteiger charge is 2.30. The topological polar surface area (TPSA) is 70.7 Å². The molecule has 5 nitrogen and oxygen atoms in total. The Morgan fingerprint density at radius 3 is 2.61 bits per heavy atom. The van der Waals surface area contributed by atoms with E-state index in [4.69, 9.17) is 28.9 Å². The smallest absolute Gasteiger partial charge is 0.255 e. The molecule has 0 spiro atoms. The molecule has 8 heteroatoms. The van der Waals surface area contributed by atoms with E-state index in [1.54, 1.807) is 23.2 Å². The van der Waals surface area contributed by atoms with E-state index in [-0.39, 0.29) is 12.6 Å². The van der Waals surface area contributed by atoms with E-state index in [9.17, 15) is 4.79 Å². The number of amides is 1. The molecule has 28 heavy (non-hydrogen) atoms. The van der Waals surface area contributed by atoms with Crippen LogP contribution >= 0.6 is 35.0 Å². The first kappa shape index (κ1) is 19.1. The molecule has 0 bridgehead atoms. The SMILES string of the molecule is NCc1ccccc1SC1=NN2CNC(=O)C(c3c(Cl)cccc3Cl)=C2C=C1. The first-order chi connectivity index (χ1) is 13.6. The summed E-state index contributed by atoms with van der Waals surface area (Å²) in [7, 11) is 0. The molecule has 0 aliphatic carbocycles. The predicted octanol–water partition coefficient (Wildman–Crippen LogP) is 4.23. The molecule has 2 heterocycles. The zero-order valence-electron chi connectivity index (χ0n) is 14.7. The zero-order chi connectivity index (χ0) is 19.7. The summed E-state index contributed by atoms with van der Waals surface area (Å²) in [4.78, 5) is 13.6. The van der Waals surface area contributed by atoms with Crippen LogP contribution in [0.2, 0.25) is 10.0 Å². The molecule has 0 saturated heterocycles. The van der Waals surface area contributed by atoms with Gasteiger partial charge in [-0.05, 0) is 35.9 Å². The lowest BCUT2D eigenvalue weighted by Gasteiger charge is -2.31. The number of carbonyl (C=O) groups excluding carboxylic acids is 1. The second-order valence-electron chi connectivity index (χ2n) is 6.11. The van der Waals surface area contributed by atoms with Gasteiger partial charge in [0.25, 0.3) is 5.91 Å². The van der Waals surface area contributed by atoms with Crippen LogP contribution in [0.1, 0.15) is 11.1 Å². The fourth-order valence-electron chi connectivity index (χ4n) is 3.04. The number of allylic oxidation sites excluding steroid dienone is 1. The maximum Gasteiger partial charge on any atom is 0.255 e. The minimum Gasteiger partial charge on any atom is -0.333 e. The quantitative estimate of drug-likeness (QED) is 0.763. The average Bonchev–Trinajstić information content (AvgIpc) is 2.70. The average molecular weight is 431 g/mol. The Balaban J connectivity index is 1.72. The van der Waals surface area contributed by atoms with Gasteiger partial charge < -0.3 is 11.1 Å². The highest BCUT2D eigenvalue weighted by Crippen LogP contribution is 2.37. The van der Waals surface area contributed by atoms with E-state index in [2.05, 4.69) is 10.4 Å². The van der Waals surface area contributed by atoms with Crippen LogP contribution in [0.3, 0.4) is 0 Å². The number of rotatable bonds is 3. The van der Waals surface area contributed by atoms with Gasteiger partial charge in [0.2, 0.25) is 0 Å². The number of benzene rings is 2. The summed E-state index contributed by atoms with van der Waals surface area (Å²) < 4.78 is 0. The van der Waals surface area contributed by atoms with Crippen molar-refractivity contribution >= 4 is 51.5 Å². The normalized spacial score (nSPS) is 16.0. The second-order valence-corrected chi connectivity index (χ2v) is 7.98. The number of hydrogen-bond acceptors (Lipinski definition) is 5. The van der Waals surface area contributed by atoms with Gasteiger partial charge in [-0.15, -0.1) is 0 Å². The largest absolute Gasteiger partial charge is 0.333 e. The number of hydrogen-bond donors (Lipinski definition) is 2. The molecule has 2 aromatic carbocycles. The molecule has 0 radical (unpaired) electrons. The van der Waals surface area contributed by atoms with Gasteiger partial charge in [-0.2, -0.15) is 5.10 Å². The van der Waals surface area contributed by atoms with Crippen LogP contribution in [0.25, 0.3) is 5.57 Å². The summed E-state index contributed by atoms with van der Waals surface area (Å²) >= 11 is 14.2. The fourth-order valence-corrected chi connectivity index (χ4v) is 4.56. The van der Waals surface area contributed by atoms with Gasteiger partial charge in [0.05, 0.1) is 21.3 Å². The molecular weight excluding hydrogens is 415 g/mol. The second kappa shape index (κ2) is 8.01. The molecule has 2 aromatic rings. The summed E-state index contributed by atoms with van der Waals surface area (Å²) in [5.41, 5.74) is 8.46. The lowest BCUT2D eigenvalue weighted by molar-refractivity contribution is -0.116. The van der Waals surface area contributed by atoms with E-state index < -0.39 is 0 Å². The highest BCUT2D eigenvalue weighted by atomic mass is 35.5. The van der Waals surface area contributed by atoms with Crippen LogP contribution in [-0.4, -0.2) is 22.6 Å². The van der Waals surface area contributed by atoms with E-state index >= 15 is 0 Å². The maximum absolute atomic E-state index is 12.6. The van der Waals surface area contributed by atoms with Crippen LogP contribution in [0, 0.1) is 0 Å². The Labute approximate surface area is 176 Å². The Morgan fingerprint density at radius 1 is 1.11 bits per heavy atom. The number of halogens is 2. The number of nitrogens with zero attached hydrogens (tertiary/aromatic N) is 2. The van der Waals surface area contributed by atoms with E-state index in [0.29, 0.717) is 33.4 Å². The van der Waals surface area contributed by atoms with Crippen LogP contribution in [0.4, 0.5) is 0 Å². The van der Waals surface area contributed by atoms with Gasteiger partial charge >= 0.3 is 0 Å². The van der Waals surface area contributed by atoms with E-state index in [1.165, 1.54) is 11.8 Å². The van der Waals surface area contributed by atoms with Crippen LogP contribution < -0.4 is 11.1 Å². The van der Waals surface area contributed by atoms with Gasteiger partial charge in [-0.1, -0.05) is 59.2 Å². The van der Waals surface area contributed by atoms with Crippen molar-refractivity contribution in [1.29, 1.82) is 0 Å². The van der Waals surface area contributed by atoms with Crippen molar-refractivity contribution in [2.75, 3.05) is 6.67 Å². The minimum atomic E-state index is -0.231. The molecule has 0 unspecified atom stereocenters. The van der Waals surface area contributed by atoms with Gasteiger partial charge in [0.1, 0.15) is 11.7 Å². The summed E-state index contributed by atoms with van der Waals surface area (Å²) in [6.07, 6.45) is 3.75. The molecule has 0 atom stereocenters. The Morgan fingerprint density at radius 2 is 1.86 bits per heavy atom. The van der Waals surface area contributed by atoms with Crippen molar-refractivity contribution in [3.05, 3.63) is 81.5 Å². The van der Waals surface area contributed by atoms with Crippen molar-refractivity contribution in [1.82, 2.24) is 10.3 Å². The molecule has 0 aromatic heterocycles. The monoisotopic (exact) mass is 430 g/mol. The van der Waals surface area contributed by atoms with E-state index in [1.807, 2.05) is 36.4 Å². The highest BCUT2D eigenvalue weighted by molar-refractivity contribution is 8.14. The number of fused-ring (bicyclic) bond motifs is 1. The van der Waals surface area contributed by atoms with Crippen LogP contribution in [0.15, 0.2) is 70.3 Å². The molecule has 3 N–H and O–H groups in total. The Bertz CT molecular complexity index is 1030. The third-order valence-corrected chi connectivity index (χ3v) is 6.05. The minimum absolute atomic E-state index is 0.231. The molecule has 1 amide bonds. The fraction of sp³-hybridized carbons (Fsp3) is 0.100. The first-order valence-corrected chi connectivity index (χ1v) is 10.1. The third kappa shape index (κ3) is 3.56. The Kier molecular flexibility index (Phi) is 5.46. The van der Waals surface area contributed by atoms with Gasteiger partial charge in [0, 0.05) is 17.0 Å². The van der Waals surface area contributed by atoms with Gasteiger partial charge in [-0.25, -0.2) is 5.01 Å². The number of nitrogens with two attached hydrogens (primary N) is 1. The molecule has 2 aliphatic rings. The molecule has 0 fully saturated rings. The van der Waals surface area contributed by atoms with Crippen LogP contribution in [0.5, 0.6) is 0 Å². The van der Waals surface area contributed by atoms with E-state index in [0.717, 1.165) is 15.5 Å². The van der Waals surface area contributed by atoms with Crippen molar-refractivity contribution in [2.45, 2.75) is 11.4 Å². The summed E-state index contributed by atoms with van der Waals surface area (Å²) in [5.74, 6) is -0.231. The lowest BCUT2D eigenvalue weighted by Crippen LogP contribution is -2.42. The first-order valence-electron chi connectivity index (χ1n) is 8.55.